The van der Waals surface area contributed by atoms with Crippen LogP contribution in [0.15, 0.2) is 24.3 Å². The number of esters is 2. The van der Waals surface area contributed by atoms with E-state index in [1.807, 2.05) is 0 Å². The summed E-state index contributed by atoms with van der Waals surface area (Å²) >= 11 is 0. The summed E-state index contributed by atoms with van der Waals surface area (Å²) < 4.78 is 17.1. The van der Waals surface area contributed by atoms with Gasteiger partial charge in [-0.1, -0.05) is 154 Å². The molecule has 0 heterocycles. The number of hydrogen-bond acceptors (Lipinski definition) is 7. The third kappa shape index (κ3) is 33.6. The maximum atomic E-state index is 12.6. The number of carboxylic acids is 1. The van der Waals surface area contributed by atoms with Crippen LogP contribution in [0.2, 0.25) is 0 Å². The average Bonchev–Trinajstić information content (AvgIpc) is 3.09. The van der Waals surface area contributed by atoms with Crippen molar-refractivity contribution in [2.45, 2.75) is 199 Å². The summed E-state index contributed by atoms with van der Waals surface area (Å²) in [6, 6.07) is -0.722. The lowest BCUT2D eigenvalue weighted by molar-refractivity contribution is -0.889. The lowest BCUT2D eigenvalue weighted by atomic mass is 10.1. The van der Waals surface area contributed by atoms with E-state index in [2.05, 4.69) is 38.2 Å². The number of carboxylic acid groups (broad SMARTS) is 1. The predicted molar refractivity (Wildman–Crippen MR) is 213 cm³/mol. The molecule has 0 saturated carbocycles. The fraction of sp³-hybridized carbons (Fsp3) is 0.841. The van der Waals surface area contributed by atoms with Crippen molar-refractivity contribution >= 4 is 17.9 Å². The summed E-state index contributed by atoms with van der Waals surface area (Å²) in [6.07, 6.45) is 37.7. The van der Waals surface area contributed by atoms with Gasteiger partial charge in [0.05, 0.1) is 40.3 Å². The topological polar surface area (TPSA) is 102 Å². The first-order chi connectivity index (χ1) is 25.1. The Bertz CT molecular complexity index is 911. The highest BCUT2D eigenvalue weighted by Crippen LogP contribution is 2.14. The van der Waals surface area contributed by atoms with Gasteiger partial charge in [-0.15, -0.1) is 0 Å². The van der Waals surface area contributed by atoms with Gasteiger partial charge in [0.15, 0.2) is 6.10 Å². The number of nitrogens with zero attached hydrogens (tertiary/aromatic N) is 1. The summed E-state index contributed by atoms with van der Waals surface area (Å²) in [5.74, 6) is -1.74. The highest BCUT2D eigenvalue weighted by Gasteiger charge is 2.25. The van der Waals surface area contributed by atoms with E-state index in [0.29, 0.717) is 12.8 Å². The highest BCUT2D eigenvalue weighted by atomic mass is 16.6. The second kappa shape index (κ2) is 35.8. The van der Waals surface area contributed by atoms with Gasteiger partial charge >= 0.3 is 11.9 Å². The first-order valence-corrected chi connectivity index (χ1v) is 21.4. The molecule has 8 nitrogen and oxygen atoms in total. The molecular weight excluding hydrogens is 654 g/mol. The number of quaternary nitrogens is 1. The van der Waals surface area contributed by atoms with E-state index in [1.165, 1.54) is 116 Å². The van der Waals surface area contributed by atoms with Crippen LogP contribution in [0.5, 0.6) is 0 Å². The molecule has 0 N–H and O–H groups in total. The summed E-state index contributed by atoms with van der Waals surface area (Å²) in [6.45, 7) is 4.61. The molecule has 0 rings (SSSR count). The Labute approximate surface area is 320 Å². The summed E-state index contributed by atoms with van der Waals surface area (Å²) in [4.78, 5) is 36.7. The number of ether oxygens (including phenoxy) is 3. The molecule has 0 spiro atoms. The number of rotatable bonds is 38. The molecule has 0 aromatic rings. The van der Waals surface area contributed by atoms with Crippen LogP contribution < -0.4 is 5.11 Å². The highest BCUT2D eigenvalue weighted by molar-refractivity contribution is 5.70. The molecule has 0 aromatic heterocycles. The van der Waals surface area contributed by atoms with Crippen molar-refractivity contribution in [3.05, 3.63) is 24.3 Å². The van der Waals surface area contributed by atoms with Crippen LogP contribution in [0.3, 0.4) is 0 Å². The molecule has 0 bridgehead atoms. The Balaban J connectivity index is 4.25. The van der Waals surface area contributed by atoms with Crippen LogP contribution in [0.25, 0.3) is 0 Å². The van der Waals surface area contributed by atoms with Crippen molar-refractivity contribution in [3.63, 3.8) is 0 Å². The minimum atomic E-state index is -1.12. The summed E-state index contributed by atoms with van der Waals surface area (Å²) in [5.41, 5.74) is 0. The largest absolute Gasteiger partial charge is 0.544 e. The predicted octanol–water partition coefficient (Wildman–Crippen LogP) is 9.97. The Morgan fingerprint density at radius 1 is 0.577 bits per heavy atom. The number of unbranched alkanes of at least 4 members (excludes halogenated alkanes) is 21. The Morgan fingerprint density at radius 3 is 1.48 bits per heavy atom. The normalized spacial score (nSPS) is 13.2. The lowest BCUT2D eigenvalue weighted by Gasteiger charge is -2.34. The van der Waals surface area contributed by atoms with E-state index in [4.69, 9.17) is 14.2 Å². The standard InChI is InChI=1S/C44H81NO7/c1-6-8-10-12-14-16-17-18-19-20-21-22-23-24-25-27-28-30-32-34-42(46)51-39-40(38-50-37-36-41(44(48)49)45(3,4)5)52-43(47)35-33-31-29-26-15-13-11-9-7-2/h14,16-18,40-41H,6-13,15,19-39H2,1-5H3/b16-14+,18-17+. The smallest absolute Gasteiger partial charge is 0.306 e. The van der Waals surface area contributed by atoms with Crippen molar-refractivity contribution in [2.24, 2.45) is 0 Å². The number of aliphatic carboxylic acids is 1. The molecule has 0 aliphatic rings. The maximum Gasteiger partial charge on any atom is 0.306 e. The van der Waals surface area contributed by atoms with Gasteiger partial charge < -0.3 is 28.6 Å². The van der Waals surface area contributed by atoms with E-state index >= 15 is 0 Å². The monoisotopic (exact) mass is 736 g/mol. The van der Waals surface area contributed by atoms with Crippen molar-refractivity contribution in [1.29, 1.82) is 0 Å². The minimum Gasteiger partial charge on any atom is -0.544 e. The third-order valence-electron chi connectivity index (χ3n) is 9.62. The summed E-state index contributed by atoms with van der Waals surface area (Å²) in [7, 11) is 5.40. The number of likely N-dealkylation sites (N-methyl/N-ethyl adjacent to an activating group) is 1. The fourth-order valence-electron chi connectivity index (χ4n) is 6.24. The molecule has 304 valence electrons. The molecule has 0 radical (unpaired) electrons. The lowest BCUT2D eigenvalue weighted by Crippen LogP contribution is -2.55. The van der Waals surface area contributed by atoms with Gasteiger partial charge in [-0.05, 0) is 38.5 Å². The quantitative estimate of drug-likeness (QED) is 0.0269. The van der Waals surface area contributed by atoms with Gasteiger partial charge in [0, 0.05) is 19.3 Å². The van der Waals surface area contributed by atoms with Crippen molar-refractivity contribution < 1.29 is 38.2 Å². The Kier molecular flexibility index (Phi) is 34.3. The molecule has 0 fully saturated rings. The van der Waals surface area contributed by atoms with Crippen LogP contribution in [-0.2, 0) is 28.6 Å². The molecule has 2 atom stereocenters. The van der Waals surface area contributed by atoms with Gasteiger partial charge in [-0.25, -0.2) is 0 Å². The minimum absolute atomic E-state index is 0.0432. The molecule has 0 saturated heterocycles. The molecule has 52 heavy (non-hydrogen) atoms. The van der Waals surface area contributed by atoms with Gasteiger partial charge in [-0.2, -0.15) is 0 Å². The Hall–Kier alpha value is -2.19. The molecule has 0 aliphatic heterocycles. The number of carbonyl (C=O) groups is 3. The van der Waals surface area contributed by atoms with Crippen molar-refractivity contribution in [3.8, 4) is 0 Å². The summed E-state index contributed by atoms with van der Waals surface area (Å²) in [5, 5.41) is 11.6. The van der Waals surface area contributed by atoms with Crippen LogP contribution >= 0.6 is 0 Å². The van der Waals surface area contributed by atoms with Gasteiger partial charge in [0.1, 0.15) is 12.6 Å². The fourth-order valence-corrected chi connectivity index (χ4v) is 6.24. The zero-order valence-corrected chi connectivity index (χ0v) is 34.5. The molecule has 0 aliphatic carbocycles. The van der Waals surface area contributed by atoms with Crippen LogP contribution in [0.1, 0.15) is 187 Å². The van der Waals surface area contributed by atoms with Crippen LogP contribution in [0.4, 0.5) is 0 Å². The number of allylic oxidation sites excluding steroid dienone is 4. The molecule has 0 aromatic carbocycles. The average molecular weight is 736 g/mol. The first kappa shape index (κ1) is 49.8. The van der Waals surface area contributed by atoms with E-state index < -0.39 is 18.1 Å². The van der Waals surface area contributed by atoms with E-state index in [-0.39, 0.29) is 42.7 Å². The SMILES string of the molecule is CCCCC/C=C/C=C/CCCCCCCCCCCCC(=O)OCC(COCCC(C(=O)[O-])[N+](C)(C)C)OC(=O)CCCCCCCCCCC. The van der Waals surface area contributed by atoms with Gasteiger partial charge in [-0.3, -0.25) is 9.59 Å². The second-order valence-corrected chi connectivity index (χ2v) is 15.6. The molecule has 0 amide bonds. The Morgan fingerprint density at radius 2 is 1.00 bits per heavy atom. The van der Waals surface area contributed by atoms with Gasteiger partial charge in [0.2, 0.25) is 0 Å². The van der Waals surface area contributed by atoms with Crippen molar-refractivity contribution in [2.75, 3.05) is 41.0 Å². The van der Waals surface area contributed by atoms with E-state index in [1.54, 1.807) is 21.1 Å². The first-order valence-electron chi connectivity index (χ1n) is 21.4. The molecular formula is C44H81NO7. The van der Waals surface area contributed by atoms with Crippen molar-refractivity contribution in [1.82, 2.24) is 0 Å². The van der Waals surface area contributed by atoms with Crippen LogP contribution in [0, 0.1) is 0 Å². The number of carbonyl (C=O) groups excluding carboxylic acids is 3. The number of hydrogen-bond donors (Lipinski definition) is 0. The van der Waals surface area contributed by atoms with E-state index in [0.717, 1.165) is 38.5 Å². The zero-order valence-electron chi connectivity index (χ0n) is 34.5. The van der Waals surface area contributed by atoms with Crippen LogP contribution in [-0.4, -0.2) is 75.5 Å². The molecule has 8 heteroatoms. The molecule has 2 unspecified atom stereocenters. The van der Waals surface area contributed by atoms with E-state index in [9.17, 15) is 19.5 Å². The third-order valence-corrected chi connectivity index (χ3v) is 9.62. The zero-order chi connectivity index (χ0) is 38.5. The maximum absolute atomic E-state index is 12.6. The van der Waals surface area contributed by atoms with Gasteiger partial charge in [0.25, 0.3) is 0 Å². The second-order valence-electron chi connectivity index (χ2n) is 15.6.